The predicted octanol–water partition coefficient (Wildman–Crippen LogP) is -4.20. The van der Waals surface area contributed by atoms with Crippen LogP contribution in [0.2, 0.25) is 0 Å². The van der Waals surface area contributed by atoms with Crippen molar-refractivity contribution in [2.75, 3.05) is 6.54 Å². The molecule has 0 radical (unpaired) electrons. The van der Waals surface area contributed by atoms with Gasteiger partial charge in [0.05, 0.1) is 19.0 Å². The number of nitrogens with two attached hydrogens (primary N) is 3. The van der Waals surface area contributed by atoms with Crippen LogP contribution < -0.4 is 33.2 Å². The summed E-state index contributed by atoms with van der Waals surface area (Å²) in [6.45, 7) is 2.36. The Labute approximate surface area is 132 Å². The van der Waals surface area contributed by atoms with Crippen molar-refractivity contribution in [1.82, 2.24) is 16.0 Å². The first-order chi connectivity index (χ1) is 10.5. The van der Waals surface area contributed by atoms with Gasteiger partial charge in [-0.05, 0) is 13.8 Å². The molecule has 0 bridgehead atoms. The Morgan fingerprint density at radius 2 is 1.48 bits per heavy atom. The first-order valence-corrected chi connectivity index (χ1v) is 6.75. The normalized spacial score (nSPS) is 14.0. The van der Waals surface area contributed by atoms with Crippen LogP contribution in [0.3, 0.4) is 0 Å². The lowest BCUT2D eigenvalue weighted by Crippen LogP contribution is -2.53. The molecule has 0 aliphatic heterocycles. The van der Waals surface area contributed by atoms with Crippen molar-refractivity contribution in [1.29, 1.82) is 0 Å². The van der Waals surface area contributed by atoms with Crippen LogP contribution in [0.25, 0.3) is 0 Å². The van der Waals surface area contributed by atoms with E-state index < -0.39 is 54.2 Å². The summed E-state index contributed by atoms with van der Waals surface area (Å²) < 4.78 is 0. The topological polar surface area (TPSA) is 200 Å². The second kappa shape index (κ2) is 9.35. The minimum absolute atomic E-state index is 0.354. The molecule has 0 saturated carbocycles. The summed E-state index contributed by atoms with van der Waals surface area (Å²) >= 11 is 0. The number of carbonyl (C=O) groups excluding carboxylic acids is 5. The maximum Gasteiger partial charge on any atom is 0.242 e. The number of carbonyl (C=O) groups is 5. The van der Waals surface area contributed by atoms with Crippen LogP contribution >= 0.6 is 0 Å². The fourth-order valence-electron chi connectivity index (χ4n) is 1.38. The minimum Gasteiger partial charge on any atom is -0.370 e. The zero-order chi connectivity index (χ0) is 18.2. The van der Waals surface area contributed by atoms with Crippen LogP contribution in [-0.4, -0.2) is 54.2 Å². The molecule has 0 aliphatic carbocycles. The quantitative estimate of drug-likeness (QED) is 0.247. The molecule has 0 fully saturated rings. The van der Waals surface area contributed by atoms with E-state index in [2.05, 4.69) is 16.0 Å². The molecule has 11 heteroatoms. The van der Waals surface area contributed by atoms with Crippen LogP contribution in [0.4, 0.5) is 0 Å². The lowest BCUT2D eigenvalue weighted by Gasteiger charge is -2.17. The van der Waals surface area contributed by atoms with Gasteiger partial charge in [-0.25, -0.2) is 0 Å². The summed E-state index contributed by atoms with van der Waals surface area (Å²) in [6.07, 6.45) is -0.354. The van der Waals surface area contributed by atoms with E-state index in [9.17, 15) is 24.0 Å². The van der Waals surface area contributed by atoms with E-state index in [1.165, 1.54) is 13.8 Å². The second-order valence-corrected chi connectivity index (χ2v) is 4.92. The molecule has 0 spiro atoms. The highest BCUT2D eigenvalue weighted by atomic mass is 16.2. The molecule has 0 aliphatic rings. The van der Waals surface area contributed by atoms with Crippen LogP contribution in [0, 0.1) is 0 Å². The van der Waals surface area contributed by atoms with Gasteiger partial charge in [0.15, 0.2) is 0 Å². The molecule has 130 valence electrons. The van der Waals surface area contributed by atoms with E-state index >= 15 is 0 Å². The summed E-state index contributed by atoms with van der Waals surface area (Å²) in [6, 6.07) is -3.02. The highest BCUT2D eigenvalue weighted by molar-refractivity contribution is 5.93. The minimum atomic E-state index is -1.16. The summed E-state index contributed by atoms with van der Waals surface area (Å²) in [5, 5.41) is 6.81. The molecule has 0 heterocycles. The first-order valence-electron chi connectivity index (χ1n) is 6.75. The van der Waals surface area contributed by atoms with Crippen molar-refractivity contribution in [3.05, 3.63) is 0 Å². The average molecular weight is 330 g/mol. The van der Waals surface area contributed by atoms with Crippen molar-refractivity contribution >= 4 is 29.5 Å². The van der Waals surface area contributed by atoms with E-state index in [1.807, 2.05) is 0 Å². The van der Waals surface area contributed by atoms with Crippen molar-refractivity contribution in [3.63, 3.8) is 0 Å². The van der Waals surface area contributed by atoms with Crippen molar-refractivity contribution < 1.29 is 24.0 Å². The molecule has 9 N–H and O–H groups in total. The first kappa shape index (κ1) is 20.3. The molecular formula is C12H22N6O5. The molecule has 3 atom stereocenters. The molecule has 0 rings (SSSR count). The molecule has 23 heavy (non-hydrogen) atoms. The Balaban J connectivity index is 4.25. The molecular weight excluding hydrogens is 308 g/mol. The molecule has 11 nitrogen and oxygen atoms in total. The SMILES string of the molecule is CC(NC(=O)CNC(=O)C(C)NC(=O)C(N)CC(N)=O)C(N)=O. The second-order valence-electron chi connectivity index (χ2n) is 4.92. The highest BCUT2D eigenvalue weighted by Crippen LogP contribution is 1.90. The number of primary amides is 2. The average Bonchev–Trinajstić information content (AvgIpc) is 2.43. The van der Waals surface area contributed by atoms with Gasteiger partial charge < -0.3 is 33.2 Å². The zero-order valence-electron chi connectivity index (χ0n) is 12.9. The number of hydrogen-bond acceptors (Lipinski definition) is 6. The number of nitrogens with one attached hydrogen (secondary N) is 3. The molecule has 3 unspecified atom stereocenters. The van der Waals surface area contributed by atoms with Gasteiger partial charge in [-0.2, -0.15) is 0 Å². The third-order valence-corrected chi connectivity index (χ3v) is 2.74. The maximum atomic E-state index is 11.7. The molecule has 0 saturated heterocycles. The van der Waals surface area contributed by atoms with E-state index in [4.69, 9.17) is 17.2 Å². The van der Waals surface area contributed by atoms with Gasteiger partial charge in [-0.3, -0.25) is 24.0 Å². The fourth-order valence-corrected chi connectivity index (χ4v) is 1.38. The summed E-state index contributed by atoms with van der Waals surface area (Å²) in [5.41, 5.74) is 15.3. The van der Waals surface area contributed by atoms with Crippen LogP contribution in [0.5, 0.6) is 0 Å². The van der Waals surface area contributed by atoms with Crippen LogP contribution in [-0.2, 0) is 24.0 Å². The van der Waals surface area contributed by atoms with E-state index in [1.54, 1.807) is 0 Å². The standard InChI is InChI=1S/C12H22N6O5/c1-5(10(15)21)17-9(20)4-16-11(22)6(2)18-12(23)7(13)3-8(14)19/h5-7H,3-4,13H2,1-2H3,(H2,14,19)(H2,15,21)(H,16,22)(H,17,20)(H,18,23). The van der Waals surface area contributed by atoms with Gasteiger partial charge in [0.25, 0.3) is 0 Å². The number of hydrogen-bond donors (Lipinski definition) is 6. The van der Waals surface area contributed by atoms with Gasteiger partial charge in [0.1, 0.15) is 12.1 Å². The lowest BCUT2D eigenvalue weighted by atomic mass is 10.2. The summed E-state index contributed by atoms with van der Waals surface area (Å²) in [7, 11) is 0. The Morgan fingerprint density at radius 3 is 1.96 bits per heavy atom. The van der Waals surface area contributed by atoms with Gasteiger partial charge >= 0.3 is 0 Å². The van der Waals surface area contributed by atoms with E-state index in [-0.39, 0.29) is 6.42 Å². The lowest BCUT2D eigenvalue weighted by molar-refractivity contribution is -0.131. The Bertz CT molecular complexity index is 494. The monoisotopic (exact) mass is 330 g/mol. The van der Waals surface area contributed by atoms with E-state index in [0.717, 1.165) is 0 Å². The molecule has 0 aromatic heterocycles. The summed E-state index contributed by atoms with van der Waals surface area (Å²) in [5.74, 6) is -3.45. The zero-order valence-corrected chi connectivity index (χ0v) is 12.9. The van der Waals surface area contributed by atoms with Crippen molar-refractivity contribution in [2.45, 2.75) is 38.4 Å². The van der Waals surface area contributed by atoms with Crippen LogP contribution in [0.15, 0.2) is 0 Å². The van der Waals surface area contributed by atoms with Crippen LogP contribution in [0.1, 0.15) is 20.3 Å². The predicted molar refractivity (Wildman–Crippen MR) is 79.2 cm³/mol. The molecule has 0 aromatic carbocycles. The van der Waals surface area contributed by atoms with E-state index in [0.29, 0.717) is 0 Å². The summed E-state index contributed by atoms with van der Waals surface area (Å²) in [4.78, 5) is 56.2. The Kier molecular flexibility index (Phi) is 8.26. The van der Waals surface area contributed by atoms with Crippen molar-refractivity contribution in [3.8, 4) is 0 Å². The van der Waals surface area contributed by atoms with Crippen molar-refractivity contribution in [2.24, 2.45) is 17.2 Å². The Morgan fingerprint density at radius 1 is 0.913 bits per heavy atom. The van der Waals surface area contributed by atoms with Gasteiger partial charge in [-0.1, -0.05) is 0 Å². The van der Waals surface area contributed by atoms with Gasteiger partial charge in [-0.15, -0.1) is 0 Å². The maximum absolute atomic E-state index is 11.7. The fraction of sp³-hybridized carbons (Fsp3) is 0.583. The number of amides is 5. The number of rotatable bonds is 9. The third kappa shape index (κ3) is 8.36. The smallest absolute Gasteiger partial charge is 0.242 e. The van der Waals surface area contributed by atoms with Gasteiger partial charge in [0.2, 0.25) is 29.5 Å². The Hall–Kier alpha value is -2.69. The highest BCUT2D eigenvalue weighted by Gasteiger charge is 2.21. The molecule has 0 aromatic rings. The molecule has 5 amide bonds. The third-order valence-electron chi connectivity index (χ3n) is 2.74. The largest absolute Gasteiger partial charge is 0.370 e. The van der Waals surface area contributed by atoms with Gasteiger partial charge in [0, 0.05) is 0 Å².